The molecule has 41 heavy (non-hydrogen) atoms. The minimum atomic E-state index is -1.08. The van der Waals surface area contributed by atoms with Gasteiger partial charge in [0.1, 0.15) is 5.28 Å². The third-order valence-electron chi connectivity index (χ3n) is 7.86. The highest BCUT2D eigenvalue weighted by Crippen LogP contribution is 2.60. The van der Waals surface area contributed by atoms with Gasteiger partial charge in [0.05, 0.1) is 0 Å². The molecule has 6 rings (SSSR count). The Morgan fingerprint density at radius 3 is 1.46 bits per heavy atom. The lowest BCUT2D eigenvalue weighted by Crippen LogP contribution is -2.53. The Labute approximate surface area is 245 Å². The standard InChI is InChI=1S/C36H34N2OP2/c1-38-28-34(40(30-19-9-3-10-20-30)31-21-11-4-12-22-31)27-36(38,35(39)37-29-17-7-2-8-18-29)41(32-23-13-5-14-24-32)33-25-15-6-16-26-33/h2-26,34H,27-28H2,1H3,(H,37,39)/t34-,36-/m1/s1. The summed E-state index contributed by atoms with van der Waals surface area (Å²) < 4.78 is 0. The molecule has 204 valence electrons. The van der Waals surface area contributed by atoms with Crippen molar-refractivity contribution < 1.29 is 4.79 Å². The maximum Gasteiger partial charge on any atom is 0.249 e. The molecular weight excluding hydrogens is 538 g/mol. The summed E-state index contributed by atoms with van der Waals surface area (Å²) in [5.74, 6) is 0.0728. The van der Waals surface area contributed by atoms with Gasteiger partial charge in [0.15, 0.2) is 0 Å². The second kappa shape index (κ2) is 12.5. The Morgan fingerprint density at radius 2 is 1.02 bits per heavy atom. The summed E-state index contributed by atoms with van der Waals surface area (Å²) in [6.07, 6.45) is 0.771. The van der Waals surface area contributed by atoms with E-state index >= 15 is 0 Å². The summed E-state index contributed by atoms with van der Waals surface area (Å²) in [4.78, 5) is 17.2. The van der Waals surface area contributed by atoms with Crippen molar-refractivity contribution in [3.63, 3.8) is 0 Å². The van der Waals surface area contributed by atoms with Crippen molar-refractivity contribution in [1.29, 1.82) is 0 Å². The predicted molar refractivity (Wildman–Crippen MR) is 177 cm³/mol. The van der Waals surface area contributed by atoms with E-state index in [0.717, 1.165) is 18.7 Å². The largest absolute Gasteiger partial charge is 0.324 e. The molecule has 1 saturated heterocycles. The fraction of sp³-hybridized carbons (Fsp3) is 0.139. The first-order valence-electron chi connectivity index (χ1n) is 14.0. The van der Waals surface area contributed by atoms with E-state index < -0.39 is 21.1 Å². The van der Waals surface area contributed by atoms with E-state index in [1.54, 1.807) is 0 Å². The van der Waals surface area contributed by atoms with E-state index in [0.29, 0.717) is 5.66 Å². The zero-order valence-electron chi connectivity index (χ0n) is 23.2. The highest BCUT2D eigenvalue weighted by molar-refractivity contribution is 7.76. The van der Waals surface area contributed by atoms with Crippen LogP contribution < -0.4 is 26.5 Å². The van der Waals surface area contributed by atoms with Crippen LogP contribution in [0.2, 0.25) is 0 Å². The summed E-state index contributed by atoms with van der Waals surface area (Å²) in [5, 5.41) is 7.77. The predicted octanol–water partition coefficient (Wildman–Crippen LogP) is 6.29. The third-order valence-corrected chi connectivity index (χ3v) is 13.7. The molecule has 0 unspecified atom stereocenters. The number of nitrogens with one attached hydrogen (secondary N) is 1. The van der Waals surface area contributed by atoms with Gasteiger partial charge in [-0.1, -0.05) is 140 Å². The van der Waals surface area contributed by atoms with Crippen molar-refractivity contribution >= 4 is 48.7 Å². The van der Waals surface area contributed by atoms with Gasteiger partial charge in [-0.25, -0.2) is 0 Å². The Balaban J connectivity index is 1.51. The number of likely N-dealkylation sites (N-methyl/N-ethyl adjacent to an activating group) is 1. The smallest absolute Gasteiger partial charge is 0.249 e. The number of carbonyl (C=O) groups excluding carboxylic acids is 1. The lowest BCUT2D eigenvalue weighted by atomic mass is 10.2. The van der Waals surface area contributed by atoms with Crippen molar-refractivity contribution in [3.8, 4) is 0 Å². The minimum Gasteiger partial charge on any atom is -0.324 e. The first-order chi connectivity index (χ1) is 20.2. The quantitative estimate of drug-likeness (QED) is 0.222. The molecule has 5 heteroatoms. The molecular formula is C36H34N2OP2. The Bertz CT molecular complexity index is 1470. The average molecular weight is 573 g/mol. The topological polar surface area (TPSA) is 32.3 Å². The number of hydrogen-bond donors (Lipinski definition) is 1. The Kier molecular flexibility index (Phi) is 8.40. The van der Waals surface area contributed by atoms with Crippen LogP contribution in [0.4, 0.5) is 5.69 Å². The molecule has 0 aliphatic carbocycles. The van der Waals surface area contributed by atoms with Crippen LogP contribution in [0, 0.1) is 0 Å². The highest BCUT2D eigenvalue weighted by atomic mass is 31.1. The lowest BCUT2D eigenvalue weighted by Gasteiger charge is -2.42. The second-order valence-electron chi connectivity index (χ2n) is 10.4. The van der Waals surface area contributed by atoms with Gasteiger partial charge in [-0.05, 0) is 62.7 Å². The normalized spacial score (nSPS) is 19.0. The molecule has 1 amide bonds. The van der Waals surface area contributed by atoms with Crippen LogP contribution >= 0.6 is 15.8 Å². The van der Waals surface area contributed by atoms with Gasteiger partial charge < -0.3 is 5.32 Å². The Morgan fingerprint density at radius 1 is 0.634 bits per heavy atom. The van der Waals surface area contributed by atoms with Gasteiger partial charge in [-0.15, -0.1) is 0 Å². The number of hydrogen-bond acceptors (Lipinski definition) is 2. The average Bonchev–Trinajstić information content (AvgIpc) is 3.37. The van der Waals surface area contributed by atoms with Crippen molar-refractivity contribution in [1.82, 2.24) is 4.90 Å². The molecule has 0 bridgehead atoms. The van der Waals surface area contributed by atoms with Crippen LogP contribution in [0.25, 0.3) is 0 Å². The number of anilines is 1. The number of benzene rings is 5. The second-order valence-corrected chi connectivity index (χ2v) is 15.4. The molecule has 5 aromatic carbocycles. The van der Waals surface area contributed by atoms with Crippen LogP contribution in [-0.4, -0.2) is 35.3 Å². The molecule has 1 N–H and O–H groups in total. The van der Waals surface area contributed by atoms with E-state index in [9.17, 15) is 4.79 Å². The van der Waals surface area contributed by atoms with Gasteiger partial charge in [-0.2, -0.15) is 0 Å². The number of nitrogens with zero attached hydrogens (tertiary/aromatic N) is 1. The summed E-state index contributed by atoms with van der Waals surface area (Å²) >= 11 is 0. The van der Waals surface area contributed by atoms with Crippen LogP contribution in [0.15, 0.2) is 152 Å². The molecule has 1 fully saturated rings. The fourth-order valence-electron chi connectivity index (χ4n) is 6.05. The number of carbonyl (C=O) groups is 1. The third kappa shape index (κ3) is 5.64. The first-order valence-corrected chi connectivity index (χ1v) is 16.8. The van der Waals surface area contributed by atoms with Gasteiger partial charge in [0, 0.05) is 17.9 Å². The van der Waals surface area contributed by atoms with Crippen molar-refractivity contribution in [2.75, 3.05) is 18.9 Å². The van der Waals surface area contributed by atoms with Crippen LogP contribution in [0.5, 0.6) is 0 Å². The van der Waals surface area contributed by atoms with E-state index in [4.69, 9.17) is 0 Å². The number of rotatable bonds is 8. The molecule has 1 aliphatic heterocycles. The zero-order chi connectivity index (χ0) is 28.1. The number of amides is 1. The molecule has 0 radical (unpaired) electrons. The lowest BCUT2D eigenvalue weighted by molar-refractivity contribution is -0.121. The van der Waals surface area contributed by atoms with Crippen molar-refractivity contribution in [2.24, 2.45) is 0 Å². The molecule has 2 atom stereocenters. The minimum absolute atomic E-state index is 0.0728. The van der Waals surface area contributed by atoms with Gasteiger partial charge in [0.2, 0.25) is 5.91 Å². The van der Waals surface area contributed by atoms with E-state index in [2.05, 4.69) is 139 Å². The maximum absolute atomic E-state index is 14.8. The monoisotopic (exact) mass is 572 g/mol. The van der Waals surface area contributed by atoms with E-state index in [1.807, 2.05) is 30.3 Å². The first kappa shape index (κ1) is 27.6. The Hall–Kier alpha value is -3.61. The van der Waals surface area contributed by atoms with E-state index in [1.165, 1.54) is 21.2 Å². The summed E-state index contributed by atoms with van der Waals surface area (Å²) in [7, 11) is 0.391. The van der Waals surface area contributed by atoms with Crippen LogP contribution in [-0.2, 0) is 4.79 Å². The summed E-state index contributed by atoms with van der Waals surface area (Å²) in [6, 6.07) is 53.0. The SMILES string of the molecule is CN1C[C@H](P(c2ccccc2)c2ccccc2)C[C@]1(C(=O)Nc1ccccc1)P(c1ccccc1)c1ccccc1. The fourth-order valence-corrected chi connectivity index (χ4v) is 12.4. The molecule has 1 aliphatic rings. The molecule has 0 spiro atoms. The number of likely N-dealkylation sites (tertiary alicyclic amines) is 1. The molecule has 0 aromatic heterocycles. The highest BCUT2D eigenvalue weighted by Gasteiger charge is 2.57. The molecule has 1 heterocycles. The zero-order valence-corrected chi connectivity index (χ0v) is 25.0. The molecule has 5 aromatic rings. The number of para-hydroxylation sites is 1. The molecule has 3 nitrogen and oxygen atoms in total. The summed E-state index contributed by atoms with van der Waals surface area (Å²) in [6.45, 7) is 0.843. The molecule has 0 saturated carbocycles. The van der Waals surface area contributed by atoms with Gasteiger partial charge in [0.25, 0.3) is 0 Å². The van der Waals surface area contributed by atoms with Crippen LogP contribution in [0.1, 0.15) is 6.42 Å². The van der Waals surface area contributed by atoms with Crippen molar-refractivity contribution in [3.05, 3.63) is 152 Å². The maximum atomic E-state index is 14.8. The van der Waals surface area contributed by atoms with Gasteiger partial charge >= 0.3 is 0 Å². The van der Waals surface area contributed by atoms with Crippen molar-refractivity contribution in [2.45, 2.75) is 17.4 Å². The van der Waals surface area contributed by atoms with Crippen LogP contribution in [0.3, 0.4) is 0 Å². The van der Waals surface area contributed by atoms with Gasteiger partial charge in [-0.3, -0.25) is 9.69 Å². The summed E-state index contributed by atoms with van der Waals surface area (Å²) in [5.41, 5.74) is 1.14. The van der Waals surface area contributed by atoms with E-state index in [-0.39, 0.29) is 5.91 Å².